The second-order valence-corrected chi connectivity index (χ2v) is 6.17. The van der Waals surface area contributed by atoms with E-state index < -0.39 is 0 Å². The Morgan fingerprint density at radius 2 is 2.21 bits per heavy atom. The van der Waals surface area contributed by atoms with Crippen molar-refractivity contribution in [2.45, 2.75) is 12.3 Å². The molecule has 0 spiro atoms. The number of rotatable bonds is 6. The van der Waals surface area contributed by atoms with Gasteiger partial charge in [0, 0.05) is 30.2 Å². The molecule has 0 unspecified atom stereocenters. The van der Waals surface area contributed by atoms with Gasteiger partial charge in [-0.2, -0.15) is 5.26 Å². The number of hydrogen-bond acceptors (Lipinski definition) is 4. The van der Waals surface area contributed by atoms with E-state index in [1.54, 1.807) is 18.3 Å². The molecule has 3 rings (SSSR count). The Morgan fingerprint density at radius 1 is 1.33 bits per heavy atom. The molecule has 2 aromatic rings. The van der Waals surface area contributed by atoms with Crippen LogP contribution in [0.2, 0.25) is 5.02 Å². The molecule has 1 amide bonds. The molecule has 1 aliphatic rings. The van der Waals surface area contributed by atoms with E-state index in [2.05, 4.69) is 21.7 Å². The van der Waals surface area contributed by atoms with Crippen molar-refractivity contribution in [2.75, 3.05) is 18.4 Å². The lowest BCUT2D eigenvalue weighted by molar-refractivity contribution is -0.122. The van der Waals surface area contributed by atoms with Crippen LogP contribution in [0, 0.1) is 17.2 Å². The third-order valence-electron chi connectivity index (χ3n) is 4.05. The number of nitriles is 1. The number of aromatic nitrogens is 1. The third kappa shape index (κ3) is 3.84. The van der Waals surface area contributed by atoms with Gasteiger partial charge in [-0.3, -0.25) is 4.79 Å². The summed E-state index contributed by atoms with van der Waals surface area (Å²) in [6, 6.07) is 13.2. The van der Waals surface area contributed by atoms with E-state index in [1.807, 2.05) is 24.3 Å². The molecule has 1 aromatic heterocycles. The van der Waals surface area contributed by atoms with Crippen molar-refractivity contribution in [2.24, 2.45) is 5.92 Å². The van der Waals surface area contributed by atoms with Gasteiger partial charge in [-0.1, -0.05) is 23.7 Å². The van der Waals surface area contributed by atoms with Crippen LogP contribution in [0.5, 0.6) is 0 Å². The van der Waals surface area contributed by atoms with Crippen LogP contribution in [-0.4, -0.2) is 24.0 Å². The Kier molecular flexibility index (Phi) is 4.97. The maximum Gasteiger partial charge on any atom is 0.223 e. The predicted octanol–water partition coefficient (Wildman–Crippen LogP) is 2.94. The van der Waals surface area contributed by atoms with Crippen LogP contribution in [0.15, 0.2) is 42.6 Å². The minimum Gasteiger partial charge on any atom is -0.367 e. The van der Waals surface area contributed by atoms with Crippen molar-refractivity contribution >= 4 is 23.3 Å². The van der Waals surface area contributed by atoms with Crippen molar-refractivity contribution in [1.82, 2.24) is 10.3 Å². The van der Waals surface area contributed by atoms with Crippen LogP contribution < -0.4 is 10.6 Å². The highest BCUT2D eigenvalue weighted by Crippen LogP contribution is 2.47. The second kappa shape index (κ2) is 7.33. The number of benzene rings is 1. The molecular weight excluding hydrogens is 324 g/mol. The van der Waals surface area contributed by atoms with Gasteiger partial charge in [-0.15, -0.1) is 0 Å². The number of nitrogens with one attached hydrogen (secondary N) is 2. The Morgan fingerprint density at radius 3 is 3.00 bits per heavy atom. The summed E-state index contributed by atoms with van der Waals surface area (Å²) in [6.07, 6.45) is 2.49. The number of nitrogens with zero attached hydrogens (tertiary/aromatic N) is 2. The maximum absolute atomic E-state index is 12.2. The fourth-order valence-electron chi connectivity index (χ4n) is 2.72. The average Bonchev–Trinajstić information content (AvgIpc) is 3.40. The normalized spacial score (nSPS) is 18.5. The zero-order valence-electron chi connectivity index (χ0n) is 13.0. The Bertz CT molecular complexity index is 787. The fraction of sp³-hybridized carbons (Fsp3) is 0.278. The van der Waals surface area contributed by atoms with Gasteiger partial charge in [0.05, 0.1) is 5.56 Å². The number of carbonyl (C=O) groups is 1. The Hall–Kier alpha value is -2.58. The van der Waals surface area contributed by atoms with E-state index in [0.29, 0.717) is 29.5 Å². The van der Waals surface area contributed by atoms with Crippen molar-refractivity contribution in [3.05, 3.63) is 58.7 Å². The summed E-state index contributed by atoms with van der Waals surface area (Å²) < 4.78 is 0. The molecule has 122 valence electrons. The molecule has 1 heterocycles. The number of carbonyl (C=O) groups excluding carboxylic acids is 1. The van der Waals surface area contributed by atoms with Crippen molar-refractivity contribution in [3.8, 4) is 6.07 Å². The van der Waals surface area contributed by atoms with Gasteiger partial charge in [0.2, 0.25) is 5.91 Å². The first kappa shape index (κ1) is 16.3. The molecule has 0 saturated heterocycles. The summed E-state index contributed by atoms with van der Waals surface area (Å²) in [5.74, 6) is 0.881. The molecule has 0 radical (unpaired) electrons. The van der Waals surface area contributed by atoms with Crippen molar-refractivity contribution < 1.29 is 4.79 Å². The molecule has 1 saturated carbocycles. The Labute approximate surface area is 145 Å². The molecule has 1 aromatic carbocycles. The van der Waals surface area contributed by atoms with E-state index in [9.17, 15) is 4.79 Å². The first-order chi connectivity index (χ1) is 11.7. The first-order valence-electron chi connectivity index (χ1n) is 7.81. The summed E-state index contributed by atoms with van der Waals surface area (Å²) >= 11 is 5.99. The Balaban J connectivity index is 1.43. The highest BCUT2D eigenvalue weighted by molar-refractivity contribution is 6.30. The van der Waals surface area contributed by atoms with Gasteiger partial charge in [0.15, 0.2) is 0 Å². The summed E-state index contributed by atoms with van der Waals surface area (Å²) in [6.45, 7) is 1.00. The molecule has 2 atom stereocenters. The minimum atomic E-state index is 0.0213. The molecule has 6 heteroatoms. The lowest BCUT2D eigenvalue weighted by Crippen LogP contribution is -2.30. The molecule has 1 fully saturated rings. The van der Waals surface area contributed by atoms with E-state index in [0.717, 1.165) is 12.0 Å². The standard InChI is InChI=1S/C18H17ClN4O/c19-14-5-1-3-12(9-14)15-10-16(15)18(24)23-8-7-22-17-13(11-20)4-2-6-21-17/h1-6,9,15-16H,7-8,10H2,(H,21,22)(H,23,24)/t15-,16-/m0/s1. The van der Waals surface area contributed by atoms with E-state index in [1.165, 1.54) is 0 Å². The number of hydrogen-bond donors (Lipinski definition) is 2. The highest BCUT2D eigenvalue weighted by atomic mass is 35.5. The smallest absolute Gasteiger partial charge is 0.223 e. The van der Waals surface area contributed by atoms with Crippen molar-refractivity contribution in [3.63, 3.8) is 0 Å². The monoisotopic (exact) mass is 340 g/mol. The molecule has 5 nitrogen and oxygen atoms in total. The maximum atomic E-state index is 12.2. The SMILES string of the molecule is N#Cc1cccnc1NCCNC(=O)[C@H]1C[C@H]1c1cccc(Cl)c1. The van der Waals surface area contributed by atoms with Gasteiger partial charge >= 0.3 is 0 Å². The van der Waals surface area contributed by atoms with E-state index in [4.69, 9.17) is 16.9 Å². The van der Waals surface area contributed by atoms with E-state index in [-0.39, 0.29) is 17.7 Å². The summed E-state index contributed by atoms with van der Waals surface area (Å²) in [4.78, 5) is 16.3. The second-order valence-electron chi connectivity index (χ2n) is 5.73. The summed E-state index contributed by atoms with van der Waals surface area (Å²) in [5, 5.41) is 15.7. The third-order valence-corrected chi connectivity index (χ3v) is 4.28. The van der Waals surface area contributed by atoms with Gasteiger partial charge < -0.3 is 10.6 Å². The van der Waals surface area contributed by atoms with Crippen LogP contribution in [0.25, 0.3) is 0 Å². The molecule has 0 bridgehead atoms. The van der Waals surface area contributed by atoms with Crippen LogP contribution in [0.1, 0.15) is 23.5 Å². The zero-order chi connectivity index (χ0) is 16.9. The summed E-state index contributed by atoms with van der Waals surface area (Å²) in [7, 11) is 0. The van der Waals surface area contributed by atoms with Crippen molar-refractivity contribution in [1.29, 1.82) is 5.26 Å². The fourth-order valence-corrected chi connectivity index (χ4v) is 2.92. The zero-order valence-corrected chi connectivity index (χ0v) is 13.8. The lowest BCUT2D eigenvalue weighted by Gasteiger charge is -2.08. The topological polar surface area (TPSA) is 77.8 Å². The first-order valence-corrected chi connectivity index (χ1v) is 8.19. The average molecular weight is 341 g/mol. The van der Waals surface area contributed by atoms with Gasteiger partial charge in [0.25, 0.3) is 0 Å². The molecule has 2 N–H and O–H groups in total. The quantitative estimate of drug-likeness (QED) is 0.792. The van der Waals surface area contributed by atoms with Crippen LogP contribution >= 0.6 is 11.6 Å². The minimum absolute atomic E-state index is 0.0213. The molecular formula is C18H17ClN4O. The van der Waals surface area contributed by atoms with Crippen LogP contribution in [-0.2, 0) is 4.79 Å². The predicted molar refractivity (Wildman–Crippen MR) is 92.8 cm³/mol. The number of halogens is 1. The molecule has 1 aliphatic carbocycles. The lowest BCUT2D eigenvalue weighted by atomic mass is 10.1. The summed E-state index contributed by atoms with van der Waals surface area (Å²) in [5.41, 5.74) is 1.61. The van der Waals surface area contributed by atoms with Gasteiger partial charge in [0.1, 0.15) is 11.9 Å². The number of anilines is 1. The highest BCUT2D eigenvalue weighted by Gasteiger charge is 2.43. The number of pyridine rings is 1. The van der Waals surface area contributed by atoms with Gasteiger partial charge in [-0.05, 0) is 42.2 Å². The molecule has 0 aliphatic heterocycles. The largest absolute Gasteiger partial charge is 0.367 e. The van der Waals surface area contributed by atoms with E-state index >= 15 is 0 Å². The van der Waals surface area contributed by atoms with Crippen LogP contribution in [0.3, 0.4) is 0 Å². The van der Waals surface area contributed by atoms with Gasteiger partial charge in [-0.25, -0.2) is 4.98 Å². The molecule has 24 heavy (non-hydrogen) atoms. The number of amides is 1. The van der Waals surface area contributed by atoms with Crippen LogP contribution in [0.4, 0.5) is 5.82 Å².